The van der Waals surface area contributed by atoms with Crippen LogP contribution in [0.1, 0.15) is 102 Å². The van der Waals surface area contributed by atoms with E-state index in [1.807, 2.05) is 14.2 Å². The molecule has 4 unspecified atom stereocenters. The number of benzene rings is 2. The highest BCUT2D eigenvalue weighted by atomic mass is 16.5. The van der Waals surface area contributed by atoms with Crippen molar-refractivity contribution in [2.45, 2.75) is 81.5 Å². The molecule has 0 amide bonds. The highest BCUT2D eigenvalue weighted by molar-refractivity contribution is 5.56. The molecular weight excluding hydrogens is 356 g/mol. The second-order valence-corrected chi connectivity index (χ2v) is 9.75. The van der Waals surface area contributed by atoms with Gasteiger partial charge >= 0.3 is 0 Å². The Hall–Kier alpha value is -1.96. The fourth-order valence-corrected chi connectivity index (χ4v) is 6.68. The molecule has 7 rings (SSSR count). The second kappa shape index (κ2) is 6.79. The smallest absolute Gasteiger partial charge is 0.125 e. The van der Waals surface area contributed by atoms with Crippen molar-refractivity contribution in [2.24, 2.45) is 0 Å². The van der Waals surface area contributed by atoms with Crippen molar-refractivity contribution < 1.29 is 9.47 Å². The summed E-state index contributed by atoms with van der Waals surface area (Å²) in [5.41, 5.74) is 9.06. The number of hydrogen-bond acceptors (Lipinski definition) is 2. The summed E-state index contributed by atoms with van der Waals surface area (Å²) in [6.45, 7) is 0. The highest BCUT2D eigenvalue weighted by Gasteiger charge is 2.42. The van der Waals surface area contributed by atoms with Crippen LogP contribution in [-0.2, 0) is 12.8 Å². The van der Waals surface area contributed by atoms with E-state index >= 15 is 0 Å². The van der Waals surface area contributed by atoms with Crippen LogP contribution in [0.5, 0.6) is 11.5 Å². The number of fused-ring (bicyclic) bond motifs is 4. The van der Waals surface area contributed by atoms with Gasteiger partial charge in [0.2, 0.25) is 0 Å². The van der Waals surface area contributed by atoms with Gasteiger partial charge in [-0.15, -0.1) is 0 Å². The zero-order valence-electron chi connectivity index (χ0n) is 17.8. The summed E-state index contributed by atoms with van der Waals surface area (Å²) in [5.74, 6) is 4.86. The second-order valence-electron chi connectivity index (χ2n) is 9.75. The maximum atomic E-state index is 6.08. The molecule has 6 bridgehead atoms. The summed E-state index contributed by atoms with van der Waals surface area (Å²) in [4.78, 5) is 0. The lowest BCUT2D eigenvalue weighted by Gasteiger charge is -2.44. The van der Waals surface area contributed by atoms with Gasteiger partial charge in [-0.05, 0) is 108 Å². The van der Waals surface area contributed by atoms with Gasteiger partial charge in [0.15, 0.2) is 0 Å². The Balaban J connectivity index is 1.65. The summed E-state index contributed by atoms with van der Waals surface area (Å²) in [6, 6.07) is 10.1. The molecule has 0 aliphatic heterocycles. The molecule has 0 radical (unpaired) electrons. The van der Waals surface area contributed by atoms with Crippen LogP contribution < -0.4 is 9.47 Å². The third kappa shape index (κ3) is 2.60. The summed E-state index contributed by atoms with van der Waals surface area (Å²) in [7, 11) is 3.76. The Morgan fingerprint density at radius 3 is 1.41 bits per heavy atom. The van der Waals surface area contributed by atoms with Crippen LogP contribution in [-0.4, -0.2) is 14.2 Å². The molecule has 2 fully saturated rings. The Kier molecular flexibility index (Phi) is 4.18. The topological polar surface area (TPSA) is 18.5 Å². The number of aryl methyl sites for hydroxylation is 2. The minimum Gasteiger partial charge on any atom is -0.496 e. The van der Waals surface area contributed by atoms with Crippen molar-refractivity contribution in [3.63, 3.8) is 0 Å². The van der Waals surface area contributed by atoms with Crippen LogP contribution in [0, 0.1) is 0 Å². The Labute approximate surface area is 174 Å². The van der Waals surface area contributed by atoms with Crippen molar-refractivity contribution in [3.8, 4) is 11.5 Å². The first-order chi connectivity index (χ1) is 14.3. The average molecular weight is 389 g/mol. The average Bonchev–Trinajstić information content (AvgIpc) is 2.65. The molecule has 2 aromatic rings. The fraction of sp³-hybridized carbons (Fsp3) is 0.556. The zero-order chi connectivity index (χ0) is 19.5. The van der Waals surface area contributed by atoms with Crippen molar-refractivity contribution in [3.05, 3.63) is 57.6 Å². The molecule has 2 nitrogen and oxygen atoms in total. The van der Waals surface area contributed by atoms with Gasteiger partial charge in [0.1, 0.15) is 11.5 Å². The predicted molar refractivity (Wildman–Crippen MR) is 117 cm³/mol. The van der Waals surface area contributed by atoms with Crippen molar-refractivity contribution in [1.82, 2.24) is 0 Å². The fourth-order valence-electron chi connectivity index (χ4n) is 6.68. The van der Waals surface area contributed by atoms with Gasteiger partial charge in [0.05, 0.1) is 14.2 Å². The van der Waals surface area contributed by atoms with E-state index in [-0.39, 0.29) is 0 Å². The number of rotatable bonds is 2. The maximum absolute atomic E-state index is 6.08. The quantitative estimate of drug-likeness (QED) is 0.576. The van der Waals surface area contributed by atoms with Crippen LogP contribution in [0.3, 0.4) is 0 Å². The molecule has 29 heavy (non-hydrogen) atoms. The molecule has 0 aromatic heterocycles. The SMILES string of the molecule is COc1c2cc3cc1C1CCC1c1cc(cc(c1OC)CCCCC2)C1CCC31. The van der Waals surface area contributed by atoms with E-state index in [0.717, 1.165) is 12.8 Å². The van der Waals surface area contributed by atoms with Gasteiger partial charge < -0.3 is 9.47 Å². The van der Waals surface area contributed by atoms with Gasteiger partial charge in [-0.3, -0.25) is 0 Å². The van der Waals surface area contributed by atoms with Gasteiger partial charge in [-0.25, -0.2) is 0 Å². The first-order valence-corrected chi connectivity index (χ1v) is 11.7. The van der Waals surface area contributed by atoms with Crippen LogP contribution >= 0.6 is 0 Å². The Morgan fingerprint density at radius 1 is 0.586 bits per heavy atom. The molecule has 2 heteroatoms. The molecular formula is C27H32O2. The molecule has 2 aromatic carbocycles. The number of methoxy groups -OCH3 is 2. The first-order valence-electron chi connectivity index (χ1n) is 11.7. The summed E-state index contributed by atoms with van der Waals surface area (Å²) in [5, 5.41) is 0. The molecule has 0 heterocycles. The van der Waals surface area contributed by atoms with E-state index in [1.165, 1.54) is 78.7 Å². The van der Waals surface area contributed by atoms with Crippen molar-refractivity contribution in [1.29, 1.82) is 0 Å². The standard InChI is InChI=1S/C27H32O2/c1-28-26-16-6-4-3-5-7-17-13-19-15-25(27(17)29-2)23-11-10-22(23)24(26)14-18(12-16)20-8-9-21(19)20/h12-15,20-23H,3-11H2,1-2H3. The highest BCUT2D eigenvalue weighted by Crippen LogP contribution is 2.59. The van der Waals surface area contributed by atoms with E-state index in [9.17, 15) is 0 Å². The van der Waals surface area contributed by atoms with Crippen molar-refractivity contribution >= 4 is 0 Å². The summed E-state index contributed by atoms with van der Waals surface area (Å²) in [6.07, 6.45) is 11.2. The lowest BCUT2D eigenvalue weighted by atomic mass is 9.61. The molecule has 2 saturated carbocycles. The van der Waals surface area contributed by atoms with Gasteiger partial charge in [0, 0.05) is 0 Å². The first kappa shape index (κ1) is 17.9. The monoisotopic (exact) mass is 388 g/mol. The van der Waals surface area contributed by atoms with Crippen LogP contribution in [0.4, 0.5) is 0 Å². The molecule has 0 saturated heterocycles. The zero-order valence-corrected chi connectivity index (χ0v) is 17.8. The predicted octanol–water partition coefficient (Wildman–Crippen LogP) is 6.61. The molecule has 152 valence electrons. The van der Waals surface area contributed by atoms with Gasteiger partial charge in [0.25, 0.3) is 0 Å². The molecule has 0 spiro atoms. The minimum absolute atomic E-state index is 0.568. The third-order valence-electron chi connectivity index (χ3n) is 8.44. The summed E-state index contributed by atoms with van der Waals surface area (Å²) < 4.78 is 12.2. The van der Waals surface area contributed by atoms with Gasteiger partial charge in [-0.1, -0.05) is 30.7 Å². The largest absolute Gasteiger partial charge is 0.496 e. The maximum Gasteiger partial charge on any atom is 0.125 e. The lowest BCUT2D eigenvalue weighted by molar-refractivity contribution is 0.305. The van der Waals surface area contributed by atoms with E-state index in [1.54, 1.807) is 11.1 Å². The van der Waals surface area contributed by atoms with Crippen LogP contribution in [0.15, 0.2) is 24.3 Å². The molecule has 5 aliphatic carbocycles. The number of ether oxygens (including phenoxy) is 2. The minimum atomic E-state index is 0.568. The van der Waals surface area contributed by atoms with E-state index < -0.39 is 0 Å². The Morgan fingerprint density at radius 2 is 1.03 bits per heavy atom. The van der Waals surface area contributed by atoms with E-state index in [4.69, 9.17) is 9.47 Å². The molecule has 5 aliphatic rings. The van der Waals surface area contributed by atoms with E-state index in [2.05, 4.69) is 24.3 Å². The van der Waals surface area contributed by atoms with Crippen molar-refractivity contribution in [2.75, 3.05) is 14.2 Å². The molecule has 0 N–H and O–H groups in total. The van der Waals surface area contributed by atoms with Crippen LogP contribution in [0.2, 0.25) is 0 Å². The number of hydrogen-bond donors (Lipinski definition) is 0. The van der Waals surface area contributed by atoms with Crippen LogP contribution in [0.25, 0.3) is 0 Å². The molecule has 4 atom stereocenters. The van der Waals surface area contributed by atoms with E-state index in [0.29, 0.717) is 23.7 Å². The normalized spacial score (nSPS) is 29.2. The summed E-state index contributed by atoms with van der Waals surface area (Å²) >= 11 is 0. The Bertz CT molecular complexity index is 882. The third-order valence-corrected chi connectivity index (χ3v) is 8.44. The lowest BCUT2D eigenvalue weighted by Crippen LogP contribution is -2.28. The van der Waals surface area contributed by atoms with Gasteiger partial charge in [-0.2, -0.15) is 0 Å².